The predicted octanol–water partition coefficient (Wildman–Crippen LogP) is 2.22. The van der Waals surface area contributed by atoms with Gasteiger partial charge in [0.25, 0.3) is 5.91 Å². The Morgan fingerprint density at radius 2 is 2.00 bits per heavy atom. The van der Waals surface area contributed by atoms with Crippen LogP contribution in [0.3, 0.4) is 0 Å². The molecule has 0 bridgehead atoms. The van der Waals surface area contributed by atoms with Crippen LogP contribution in [0.15, 0.2) is 24.3 Å². The van der Waals surface area contributed by atoms with Crippen molar-refractivity contribution >= 4 is 5.91 Å². The second kappa shape index (κ2) is 7.29. The third-order valence-electron chi connectivity index (χ3n) is 3.98. The first-order valence-electron chi connectivity index (χ1n) is 7.38. The van der Waals surface area contributed by atoms with Gasteiger partial charge in [-0.2, -0.15) is 0 Å². The minimum atomic E-state index is -0.456. The fraction of sp³-hybridized carbons (Fsp3) is 0.562. The molecule has 1 saturated carbocycles. The van der Waals surface area contributed by atoms with Crippen molar-refractivity contribution in [2.24, 2.45) is 11.7 Å². The van der Waals surface area contributed by atoms with Crippen molar-refractivity contribution in [3.8, 4) is 5.75 Å². The standard InChI is InChI=1S/C16H24N2O2/c1-12-4-2-3-5-15(12)18-10-13-6-8-14(9-7-13)20-11-16(17)19/h6-9,12,15,18H,2-5,10-11H2,1H3,(H2,17,19)/t12-,15-/m1/s1. The van der Waals surface area contributed by atoms with Crippen LogP contribution in [-0.2, 0) is 11.3 Å². The molecule has 1 aliphatic carbocycles. The van der Waals surface area contributed by atoms with E-state index in [4.69, 9.17) is 10.5 Å². The molecule has 20 heavy (non-hydrogen) atoms. The Hall–Kier alpha value is -1.55. The average Bonchev–Trinajstić information content (AvgIpc) is 2.45. The maximum Gasteiger partial charge on any atom is 0.255 e. The molecule has 4 heteroatoms. The predicted molar refractivity (Wildman–Crippen MR) is 79.4 cm³/mol. The summed E-state index contributed by atoms with van der Waals surface area (Å²) in [6, 6.07) is 8.44. The lowest BCUT2D eigenvalue weighted by Gasteiger charge is -2.29. The molecule has 0 saturated heterocycles. The summed E-state index contributed by atoms with van der Waals surface area (Å²) in [6.45, 7) is 3.14. The lowest BCUT2D eigenvalue weighted by atomic mass is 9.86. The van der Waals surface area contributed by atoms with Gasteiger partial charge in [0.05, 0.1) is 0 Å². The van der Waals surface area contributed by atoms with Gasteiger partial charge in [-0.05, 0) is 36.5 Å². The Balaban J connectivity index is 1.79. The molecule has 4 nitrogen and oxygen atoms in total. The van der Waals surface area contributed by atoms with Gasteiger partial charge in [-0.3, -0.25) is 4.79 Å². The van der Waals surface area contributed by atoms with Crippen molar-refractivity contribution < 1.29 is 9.53 Å². The Morgan fingerprint density at radius 1 is 1.30 bits per heavy atom. The molecule has 0 aliphatic heterocycles. The number of hydrogen-bond acceptors (Lipinski definition) is 3. The summed E-state index contributed by atoms with van der Waals surface area (Å²) in [4.78, 5) is 10.6. The van der Waals surface area contributed by atoms with Gasteiger partial charge in [-0.1, -0.05) is 31.9 Å². The molecular weight excluding hydrogens is 252 g/mol. The van der Waals surface area contributed by atoms with E-state index in [2.05, 4.69) is 12.2 Å². The number of nitrogens with one attached hydrogen (secondary N) is 1. The van der Waals surface area contributed by atoms with Gasteiger partial charge in [-0.25, -0.2) is 0 Å². The molecule has 0 spiro atoms. The van der Waals surface area contributed by atoms with Crippen LogP contribution in [0.25, 0.3) is 0 Å². The largest absolute Gasteiger partial charge is 0.484 e. The van der Waals surface area contributed by atoms with Crippen molar-refractivity contribution in [2.75, 3.05) is 6.61 Å². The zero-order valence-corrected chi connectivity index (χ0v) is 12.1. The topological polar surface area (TPSA) is 64.3 Å². The van der Waals surface area contributed by atoms with Gasteiger partial charge in [0.2, 0.25) is 0 Å². The summed E-state index contributed by atoms with van der Waals surface area (Å²) >= 11 is 0. The average molecular weight is 276 g/mol. The quantitative estimate of drug-likeness (QED) is 0.837. The molecule has 0 unspecified atom stereocenters. The van der Waals surface area contributed by atoms with E-state index in [1.54, 1.807) is 0 Å². The third-order valence-corrected chi connectivity index (χ3v) is 3.98. The fourth-order valence-electron chi connectivity index (χ4n) is 2.73. The molecule has 0 aromatic heterocycles. The monoisotopic (exact) mass is 276 g/mol. The van der Waals surface area contributed by atoms with Crippen LogP contribution in [0.5, 0.6) is 5.75 Å². The minimum Gasteiger partial charge on any atom is -0.484 e. The van der Waals surface area contributed by atoms with E-state index < -0.39 is 5.91 Å². The minimum absolute atomic E-state index is 0.0722. The molecule has 110 valence electrons. The van der Waals surface area contributed by atoms with Crippen LogP contribution in [-0.4, -0.2) is 18.6 Å². The number of amides is 1. The van der Waals surface area contributed by atoms with Crippen LogP contribution in [0.2, 0.25) is 0 Å². The van der Waals surface area contributed by atoms with E-state index in [0.717, 1.165) is 12.5 Å². The molecule has 1 fully saturated rings. The molecule has 0 heterocycles. The second-order valence-electron chi connectivity index (χ2n) is 5.65. The number of ether oxygens (including phenoxy) is 1. The summed E-state index contributed by atoms with van der Waals surface area (Å²) in [6.07, 6.45) is 5.31. The molecule has 1 aromatic rings. The van der Waals surface area contributed by atoms with Crippen LogP contribution < -0.4 is 15.8 Å². The third kappa shape index (κ3) is 4.53. The van der Waals surface area contributed by atoms with Gasteiger partial charge in [0, 0.05) is 12.6 Å². The van der Waals surface area contributed by atoms with Gasteiger partial charge in [0.1, 0.15) is 5.75 Å². The van der Waals surface area contributed by atoms with E-state index in [0.29, 0.717) is 11.8 Å². The van der Waals surface area contributed by atoms with Crippen LogP contribution >= 0.6 is 0 Å². The summed E-state index contributed by atoms with van der Waals surface area (Å²) < 4.78 is 5.24. The number of hydrogen-bond donors (Lipinski definition) is 2. The number of benzene rings is 1. The highest BCUT2D eigenvalue weighted by Gasteiger charge is 2.20. The van der Waals surface area contributed by atoms with E-state index >= 15 is 0 Å². The molecule has 3 N–H and O–H groups in total. The number of rotatable bonds is 6. The van der Waals surface area contributed by atoms with Gasteiger partial charge < -0.3 is 15.8 Å². The highest BCUT2D eigenvalue weighted by atomic mass is 16.5. The van der Waals surface area contributed by atoms with Crippen molar-refractivity contribution in [3.05, 3.63) is 29.8 Å². The van der Waals surface area contributed by atoms with Crippen molar-refractivity contribution in [2.45, 2.75) is 45.2 Å². The molecule has 2 rings (SSSR count). The van der Waals surface area contributed by atoms with Gasteiger partial charge in [0.15, 0.2) is 6.61 Å². The van der Waals surface area contributed by atoms with Crippen molar-refractivity contribution in [1.29, 1.82) is 0 Å². The summed E-state index contributed by atoms with van der Waals surface area (Å²) in [5.74, 6) is 0.988. The number of carbonyl (C=O) groups is 1. The molecule has 1 aromatic carbocycles. The zero-order valence-electron chi connectivity index (χ0n) is 12.1. The normalized spacial score (nSPS) is 22.4. The lowest BCUT2D eigenvalue weighted by molar-refractivity contribution is -0.119. The molecule has 1 amide bonds. The van der Waals surface area contributed by atoms with Crippen molar-refractivity contribution in [1.82, 2.24) is 5.32 Å². The summed E-state index contributed by atoms with van der Waals surface area (Å²) in [5, 5.41) is 3.64. The van der Waals surface area contributed by atoms with E-state index in [1.165, 1.54) is 31.2 Å². The molecular formula is C16H24N2O2. The van der Waals surface area contributed by atoms with Crippen LogP contribution in [0.1, 0.15) is 38.2 Å². The Bertz CT molecular complexity index is 431. The molecule has 1 aliphatic rings. The first-order chi connectivity index (χ1) is 9.65. The molecule has 0 radical (unpaired) electrons. The molecule has 2 atom stereocenters. The number of carbonyl (C=O) groups excluding carboxylic acids is 1. The smallest absolute Gasteiger partial charge is 0.255 e. The Kier molecular flexibility index (Phi) is 5.41. The first-order valence-corrected chi connectivity index (χ1v) is 7.38. The van der Waals surface area contributed by atoms with E-state index in [1.807, 2.05) is 24.3 Å². The van der Waals surface area contributed by atoms with E-state index in [-0.39, 0.29) is 6.61 Å². The SMILES string of the molecule is C[C@@H]1CCCC[C@H]1NCc1ccc(OCC(N)=O)cc1. The van der Waals surface area contributed by atoms with E-state index in [9.17, 15) is 4.79 Å². The number of primary amides is 1. The van der Waals surface area contributed by atoms with Crippen molar-refractivity contribution in [3.63, 3.8) is 0 Å². The maximum atomic E-state index is 10.6. The first kappa shape index (κ1) is 14.9. The Morgan fingerprint density at radius 3 is 2.65 bits per heavy atom. The lowest BCUT2D eigenvalue weighted by Crippen LogP contribution is -2.36. The Labute approximate surface area is 120 Å². The van der Waals surface area contributed by atoms with Crippen LogP contribution in [0.4, 0.5) is 0 Å². The number of nitrogens with two attached hydrogens (primary N) is 1. The van der Waals surface area contributed by atoms with Crippen LogP contribution in [0, 0.1) is 5.92 Å². The van der Waals surface area contributed by atoms with Gasteiger partial charge in [-0.15, -0.1) is 0 Å². The second-order valence-corrected chi connectivity index (χ2v) is 5.65. The summed E-state index contributed by atoms with van der Waals surface area (Å²) in [5.41, 5.74) is 6.27. The summed E-state index contributed by atoms with van der Waals surface area (Å²) in [7, 11) is 0. The fourth-order valence-corrected chi connectivity index (χ4v) is 2.73. The highest BCUT2D eigenvalue weighted by molar-refractivity contribution is 5.75. The van der Waals surface area contributed by atoms with Gasteiger partial charge >= 0.3 is 0 Å². The zero-order chi connectivity index (χ0) is 14.4. The maximum absolute atomic E-state index is 10.6. The highest BCUT2D eigenvalue weighted by Crippen LogP contribution is 2.24.